The molecular formula is C58H72N2O2. The average molecular weight is 829 g/mol. The summed E-state index contributed by atoms with van der Waals surface area (Å²) in [6.07, 6.45) is 47.7. The Labute approximate surface area is 375 Å². The summed E-state index contributed by atoms with van der Waals surface area (Å²) in [4.78, 5) is 8.25. The molecule has 3 aromatic carbocycles. The number of rotatable bonds is 30. The Kier molecular flexibility index (Phi) is 22.8. The number of pyridine rings is 2. The number of hydrogen-bond acceptors (Lipinski definition) is 4. The highest BCUT2D eigenvalue weighted by atomic mass is 16.5. The van der Waals surface area contributed by atoms with Gasteiger partial charge in [0.2, 0.25) is 0 Å². The zero-order valence-electron chi connectivity index (χ0n) is 37.9. The van der Waals surface area contributed by atoms with E-state index in [2.05, 4.69) is 133 Å². The largest absolute Gasteiger partial charge is 0.493 e. The Hall–Kier alpha value is -5.48. The summed E-state index contributed by atoms with van der Waals surface area (Å²) < 4.78 is 13.3. The fourth-order valence-electron chi connectivity index (χ4n) is 7.43. The van der Waals surface area contributed by atoms with Crippen molar-refractivity contribution in [2.75, 3.05) is 13.2 Å². The summed E-state index contributed by atoms with van der Waals surface area (Å²) in [5, 5.41) is 0. The molecule has 0 fully saturated rings. The van der Waals surface area contributed by atoms with Crippen LogP contribution in [-0.2, 0) is 0 Å². The molecule has 0 aliphatic heterocycles. The van der Waals surface area contributed by atoms with Gasteiger partial charge in [0, 0.05) is 35.9 Å². The lowest BCUT2D eigenvalue weighted by Crippen LogP contribution is -2.03. The van der Waals surface area contributed by atoms with E-state index in [9.17, 15) is 0 Å². The first-order chi connectivity index (χ1) is 30.7. The minimum atomic E-state index is 0.700. The maximum Gasteiger partial charge on any atom is 0.127 e. The molecule has 0 atom stereocenters. The normalized spacial score (nSPS) is 11.8. The third-order valence-electron chi connectivity index (χ3n) is 11.3. The van der Waals surface area contributed by atoms with Gasteiger partial charge in [-0.25, -0.2) is 0 Å². The van der Waals surface area contributed by atoms with E-state index in [1.807, 2.05) is 49.1 Å². The van der Waals surface area contributed by atoms with Crippen LogP contribution in [0.15, 0.2) is 110 Å². The maximum atomic E-state index is 6.64. The van der Waals surface area contributed by atoms with Crippen LogP contribution in [0.4, 0.5) is 0 Å². The maximum absolute atomic E-state index is 6.64. The minimum absolute atomic E-state index is 0.700. The van der Waals surface area contributed by atoms with Crippen LogP contribution in [0.3, 0.4) is 0 Å². The summed E-state index contributed by atoms with van der Waals surface area (Å²) >= 11 is 0. The monoisotopic (exact) mass is 829 g/mol. The molecule has 4 nitrogen and oxygen atoms in total. The van der Waals surface area contributed by atoms with Gasteiger partial charge in [0.1, 0.15) is 11.5 Å². The molecule has 0 amide bonds. The van der Waals surface area contributed by atoms with Gasteiger partial charge in [-0.1, -0.05) is 214 Å². The van der Waals surface area contributed by atoms with E-state index < -0.39 is 0 Å². The quantitative estimate of drug-likeness (QED) is 0.0342. The van der Waals surface area contributed by atoms with Crippen molar-refractivity contribution in [3.63, 3.8) is 0 Å². The Morgan fingerprint density at radius 2 is 0.581 bits per heavy atom. The molecule has 4 heteroatoms. The van der Waals surface area contributed by atoms with Crippen LogP contribution in [0.5, 0.6) is 11.5 Å². The van der Waals surface area contributed by atoms with Crippen molar-refractivity contribution in [1.82, 2.24) is 9.97 Å². The van der Waals surface area contributed by atoms with Crippen molar-refractivity contribution in [2.24, 2.45) is 0 Å². The molecule has 2 aromatic heterocycles. The molecular weight excluding hydrogens is 757 g/mol. The highest BCUT2D eigenvalue weighted by Crippen LogP contribution is 2.33. The Morgan fingerprint density at radius 3 is 0.887 bits per heavy atom. The third-order valence-corrected chi connectivity index (χ3v) is 11.3. The van der Waals surface area contributed by atoms with Crippen LogP contribution in [0.1, 0.15) is 174 Å². The second-order valence-electron chi connectivity index (χ2n) is 16.5. The van der Waals surface area contributed by atoms with Crippen LogP contribution in [-0.4, -0.2) is 23.2 Å². The van der Waals surface area contributed by atoms with Gasteiger partial charge in [0.15, 0.2) is 0 Å². The van der Waals surface area contributed by atoms with E-state index in [0.29, 0.717) is 13.2 Å². The molecule has 0 aliphatic carbocycles. The molecule has 0 unspecified atom stereocenters. The van der Waals surface area contributed by atoms with Gasteiger partial charge >= 0.3 is 0 Å². The van der Waals surface area contributed by atoms with Gasteiger partial charge in [0.05, 0.1) is 13.2 Å². The van der Waals surface area contributed by atoms with Crippen molar-refractivity contribution < 1.29 is 9.47 Å². The van der Waals surface area contributed by atoms with Gasteiger partial charge in [-0.15, -0.1) is 0 Å². The third kappa shape index (κ3) is 19.1. The molecule has 0 saturated carbocycles. The lowest BCUT2D eigenvalue weighted by Gasteiger charge is -2.16. The molecule has 0 saturated heterocycles. The predicted molar refractivity (Wildman–Crippen MR) is 269 cm³/mol. The molecule has 62 heavy (non-hydrogen) atoms. The molecule has 326 valence electrons. The van der Waals surface area contributed by atoms with Gasteiger partial charge < -0.3 is 9.47 Å². The van der Waals surface area contributed by atoms with E-state index in [4.69, 9.17) is 9.47 Å². The minimum Gasteiger partial charge on any atom is -0.493 e. The highest BCUT2D eigenvalue weighted by molar-refractivity contribution is 5.80. The molecule has 0 spiro atoms. The van der Waals surface area contributed by atoms with Crippen LogP contribution >= 0.6 is 0 Å². The van der Waals surface area contributed by atoms with Crippen LogP contribution in [0, 0.1) is 0 Å². The zero-order valence-corrected chi connectivity index (χ0v) is 37.9. The van der Waals surface area contributed by atoms with E-state index in [-0.39, 0.29) is 0 Å². The van der Waals surface area contributed by atoms with Crippen molar-refractivity contribution in [3.8, 4) is 11.5 Å². The molecule has 0 N–H and O–H groups in total. The summed E-state index contributed by atoms with van der Waals surface area (Å²) in [6.45, 7) is 5.96. The van der Waals surface area contributed by atoms with Gasteiger partial charge in [-0.05, 0) is 82.6 Å². The number of ether oxygens (including phenoxy) is 2. The first kappa shape index (κ1) is 47.6. The van der Waals surface area contributed by atoms with E-state index >= 15 is 0 Å². The number of benzene rings is 3. The predicted octanol–water partition coefficient (Wildman–Crippen LogP) is 17.0. The van der Waals surface area contributed by atoms with Crippen molar-refractivity contribution in [3.05, 3.63) is 154 Å². The number of nitrogens with zero attached hydrogens (tertiary/aromatic N) is 2. The molecule has 2 heterocycles. The summed E-state index contributed by atoms with van der Waals surface area (Å²) in [7, 11) is 0. The van der Waals surface area contributed by atoms with Crippen molar-refractivity contribution in [1.29, 1.82) is 0 Å². The molecule has 5 aromatic rings. The Morgan fingerprint density at radius 1 is 0.323 bits per heavy atom. The SMILES string of the molecule is CCCCCCCCCCCOc1cc(/C=C/c2ccc(/C=C/c3ccncc3)cc2)c(OCCCCCCCCCCC)cc1/C=C/c1ccc(/C=C/c2ccncc2)cc1. The zero-order chi connectivity index (χ0) is 43.1. The van der Waals surface area contributed by atoms with Gasteiger partial charge in [0.25, 0.3) is 0 Å². The second kappa shape index (κ2) is 29.7. The van der Waals surface area contributed by atoms with Crippen LogP contribution in [0.25, 0.3) is 48.6 Å². The topological polar surface area (TPSA) is 44.2 Å². The smallest absolute Gasteiger partial charge is 0.127 e. The first-order valence-corrected chi connectivity index (χ1v) is 23.9. The lowest BCUT2D eigenvalue weighted by atomic mass is 10.0. The van der Waals surface area contributed by atoms with E-state index in [1.54, 1.807) is 0 Å². The van der Waals surface area contributed by atoms with Crippen LogP contribution < -0.4 is 9.47 Å². The molecule has 0 aliphatic rings. The highest BCUT2D eigenvalue weighted by Gasteiger charge is 2.11. The molecule has 5 rings (SSSR count). The summed E-state index contributed by atoms with van der Waals surface area (Å²) in [5.41, 5.74) is 8.92. The standard InChI is InChI=1S/C58H72N2O2/c1-3-5-7-9-11-13-15-17-19-45-61-57-47-56(36-34-52-27-23-50(24-28-52)30-32-54-39-43-60-44-40-54)58(62-46-20-18-16-14-12-10-8-6-4-2)48-55(57)35-33-51-25-21-49(22-26-51)29-31-53-37-41-59-42-38-53/h21-44,47-48H,3-20,45-46H2,1-2H3/b31-29+,32-30+,35-33+,36-34+. The number of unbranched alkanes of at least 4 members (excludes halogenated alkanes) is 16. The molecule has 0 bridgehead atoms. The number of hydrogen-bond donors (Lipinski definition) is 0. The van der Waals surface area contributed by atoms with Crippen LogP contribution in [0.2, 0.25) is 0 Å². The van der Waals surface area contributed by atoms with E-state index in [1.165, 1.54) is 103 Å². The summed E-state index contributed by atoms with van der Waals surface area (Å²) in [5.74, 6) is 1.79. The fourth-order valence-corrected chi connectivity index (χ4v) is 7.43. The second-order valence-corrected chi connectivity index (χ2v) is 16.5. The Bertz CT molecular complexity index is 1900. The Balaban J connectivity index is 1.32. The van der Waals surface area contributed by atoms with Gasteiger partial charge in [-0.3, -0.25) is 9.97 Å². The van der Waals surface area contributed by atoms with Crippen molar-refractivity contribution >= 4 is 48.6 Å². The van der Waals surface area contributed by atoms with Crippen molar-refractivity contribution in [2.45, 2.75) is 129 Å². The summed E-state index contributed by atoms with van der Waals surface area (Å²) in [6, 6.07) is 29.8. The number of aromatic nitrogens is 2. The molecule has 0 radical (unpaired) electrons. The van der Waals surface area contributed by atoms with Gasteiger partial charge in [-0.2, -0.15) is 0 Å². The van der Waals surface area contributed by atoms with E-state index in [0.717, 1.165) is 68.8 Å². The first-order valence-electron chi connectivity index (χ1n) is 23.9. The average Bonchev–Trinajstić information content (AvgIpc) is 3.32. The lowest BCUT2D eigenvalue weighted by molar-refractivity contribution is 0.295. The fraction of sp³-hybridized carbons (Fsp3) is 0.379.